The highest BCUT2D eigenvalue weighted by Crippen LogP contribution is 2.58. The van der Waals surface area contributed by atoms with E-state index in [0.29, 0.717) is 0 Å². The van der Waals surface area contributed by atoms with Gasteiger partial charge in [-0.2, -0.15) is 0 Å². The summed E-state index contributed by atoms with van der Waals surface area (Å²) < 4.78 is 2.39. The standard InChI is InChI=1S/C69H50N2/c1-3-4-34-62-48(2)57-31-17-20-35-63(57)68(62,49-23-9-5-10-24-49)52-38-40-54(41-39-52)70(55-43-45-67-61(46-55)60-33-19-22-37-66(60)71(67)53-29-15-8-16-30-53)56-42-44-59-58-32-18-21-36-64(58)69(65(59)47-56,50-25-11-6-12-26-50)51-27-13-7-14-28-51/h3-47H,1H2,2H3/b34-4-. The fourth-order valence-electron chi connectivity index (χ4n) is 12.4. The highest BCUT2D eigenvalue weighted by atomic mass is 15.1. The van der Waals surface area contributed by atoms with Crippen LogP contribution in [0.2, 0.25) is 0 Å². The van der Waals surface area contributed by atoms with Gasteiger partial charge in [0.1, 0.15) is 0 Å². The van der Waals surface area contributed by atoms with Crippen molar-refractivity contribution in [2.75, 3.05) is 4.90 Å². The first-order valence-corrected chi connectivity index (χ1v) is 24.6. The third-order valence-corrected chi connectivity index (χ3v) is 15.3. The van der Waals surface area contributed by atoms with Gasteiger partial charge in [-0.15, -0.1) is 0 Å². The summed E-state index contributed by atoms with van der Waals surface area (Å²) in [6.45, 7) is 6.36. The van der Waals surface area contributed by atoms with E-state index in [9.17, 15) is 0 Å². The third-order valence-electron chi connectivity index (χ3n) is 15.3. The van der Waals surface area contributed by atoms with Gasteiger partial charge >= 0.3 is 0 Å². The Hall–Kier alpha value is -8.98. The smallest absolute Gasteiger partial charge is 0.0714 e. The van der Waals surface area contributed by atoms with Crippen LogP contribution in [0.25, 0.3) is 44.2 Å². The van der Waals surface area contributed by atoms with E-state index in [2.05, 4.69) is 290 Å². The van der Waals surface area contributed by atoms with Gasteiger partial charge < -0.3 is 9.47 Å². The molecule has 2 nitrogen and oxygen atoms in total. The molecule has 10 aromatic carbocycles. The second-order valence-corrected chi connectivity index (χ2v) is 18.8. The van der Waals surface area contributed by atoms with Crippen LogP contribution in [0.4, 0.5) is 17.1 Å². The summed E-state index contributed by atoms with van der Waals surface area (Å²) in [6.07, 6.45) is 6.24. The first kappa shape index (κ1) is 42.1. The van der Waals surface area contributed by atoms with E-state index in [4.69, 9.17) is 0 Å². The minimum Gasteiger partial charge on any atom is -0.310 e. The van der Waals surface area contributed by atoms with Gasteiger partial charge in [-0.1, -0.05) is 219 Å². The maximum Gasteiger partial charge on any atom is 0.0714 e. The lowest BCUT2D eigenvalue weighted by Crippen LogP contribution is -2.29. The Morgan fingerprint density at radius 2 is 0.873 bits per heavy atom. The van der Waals surface area contributed by atoms with Crippen LogP contribution in [0.1, 0.15) is 51.4 Å². The Morgan fingerprint density at radius 1 is 0.394 bits per heavy atom. The Morgan fingerprint density at radius 3 is 1.54 bits per heavy atom. The fraction of sp³-hybridized carbons (Fsp3) is 0.0435. The lowest BCUT2D eigenvalue weighted by molar-refractivity contribution is 0.761. The number of anilines is 3. The molecule has 1 heterocycles. The van der Waals surface area contributed by atoms with Crippen LogP contribution in [0.5, 0.6) is 0 Å². The lowest BCUT2D eigenvalue weighted by Gasteiger charge is -2.36. The van der Waals surface area contributed by atoms with Crippen molar-refractivity contribution in [2.24, 2.45) is 0 Å². The number of allylic oxidation sites excluding steroid dienone is 5. The average molecular weight is 907 g/mol. The summed E-state index contributed by atoms with van der Waals surface area (Å²) in [6, 6.07) is 94.3. The molecule has 336 valence electrons. The van der Waals surface area contributed by atoms with E-state index in [1.807, 2.05) is 6.08 Å². The number of fused-ring (bicyclic) bond motifs is 7. The minimum atomic E-state index is -0.551. The summed E-state index contributed by atoms with van der Waals surface area (Å²) in [5.41, 5.74) is 20.7. The zero-order valence-electron chi connectivity index (χ0n) is 39.6. The molecule has 0 fully saturated rings. The topological polar surface area (TPSA) is 8.17 Å². The molecule has 0 N–H and O–H groups in total. The van der Waals surface area contributed by atoms with Crippen LogP contribution in [-0.2, 0) is 10.8 Å². The molecular weight excluding hydrogens is 857 g/mol. The van der Waals surface area contributed by atoms with Gasteiger partial charge in [0.15, 0.2) is 0 Å². The average Bonchev–Trinajstić information content (AvgIpc) is 4.03. The molecule has 0 radical (unpaired) electrons. The predicted molar refractivity (Wildman–Crippen MR) is 297 cm³/mol. The van der Waals surface area contributed by atoms with Gasteiger partial charge in [0.2, 0.25) is 0 Å². The third kappa shape index (κ3) is 6.28. The molecule has 1 unspecified atom stereocenters. The molecule has 2 aliphatic rings. The minimum absolute atomic E-state index is 0.548. The highest BCUT2D eigenvalue weighted by molar-refractivity contribution is 6.11. The molecule has 0 spiro atoms. The Bertz CT molecular complexity index is 3840. The van der Waals surface area contributed by atoms with Gasteiger partial charge in [-0.05, 0) is 134 Å². The molecule has 0 aliphatic heterocycles. The highest BCUT2D eigenvalue weighted by Gasteiger charge is 2.47. The molecule has 1 aromatic heterocycles. The molecule has 0 amide bonds. The number of nitrogens with zero attached hydrogens (tertiary/aromatic N) is 2. The number of benzene rings is 10. The van der Waals surface area contributed by atoms with Crippen molar-refractivity contribution in [2.45, 2.75) is 17.8 Å². The maximum atomic E-state index is 4.09. The number of hydrogen-bond acceptors (Lipinski definition) is 1. The largest absolute Gasteiger partial charge is 0.310 e. The molecule has 11 aromatic rings. The summed E-state index contributed by atoms with van der Waals surface area (Å²) in [7, 11) is 0. The van der Waals surface area contributed by atoms with Gasteiger partial charge in [-0.25, -0.2) is 0 Å². The van der Waals surface area contributed by atoms with Gasteiger partial charge in [-0.3, -0.25) is 0 Å². The lowest BCUT2D eigenvalue weighted by atomic mass is 9.66. The normalized spacial score (nSPS) is 15.5. The van der Waals surface area contributed by atoms with E-state index >= 15 is 0 Å². The Kier molecular flexibility index (Phi) is 10.0. The van der Waals surface area contributed by atoms with E-state index < -0.39 is 10.8 Å². The first-order chi connectivity index (χ1) is 35.1. The Labute approximate surface area is 416 Å². The SMILES string of the molecule is C=C/C=C\C1=C(C)c2ccccc2C1(c1ccccc1)c1ccc(N(c2ccc3c(c2)C(c2ccccc2)(c2ccccc2)c2ccccc2-3)c2ccc3c(c2)c2ccccc2n3-c2ccccc2)cc1. The molecule has 0 saturated carbocycles. The summed E-state index contributed by atoms with van der Waals surface area (Å²) in [5, 5.41) is 2.41. The van der Waals surface area contributed by atoms with Crippen molar-refractivity contribution in [1.82, 2.24) is 4.57 Å². The van der Waals surface area contributed by atoms with Gasteiger partial charge in [0, 0.05) is 33.5 Å². The second kappa shape index (κ2) is 16.9. The zero-order valence-corrected chi connectivity index (χ0v) is 39.6. The van der Waals surface area contributed by atoms with Crippen LogP contribution >= 0.6 is 0 Å². The van der Waals surface area contributed by atoms with E-state index in [1.54, 1.807) is 0 Å². The van der Waals surface area contributed by atoms with Crippen molar-refractivity contribution in [3.63, 3.8) is 0 Å². The number of rotatable bonds is 10. The van der Waals surface area contributed by atoms with Gasteiger partial charge in [0.25, 0.3) is 0 Å². The van der Waals surface area contributed by atoms with Crippen LogP contribution in [0.3, 0.4) is 0 Å². The van der Waals surface area contributed by atoms with Crippen molar-refractivity contribution in [1.29, 1.82) is 0 Å². The quantitative estimate of drug-likeness (QED) is 0.124. The van der Waals surface area contributed by atoms with Crippen LogP contribution < -0.4 is 4.90 Å². The molecule has 2 aliphatic carbocycles. The van der Waals surface area contributed by atoms with E-state index in [0.717, 1.165) is 22.7 Å². The number of aromatic nitrogens is 1. The van der Waals surface area contributed by atoms with Crippen molar-refractivity contribution in [3.05, 3.63) is 330 Å². The molecular formula is C69H50N2. The Balaban J connectivity index is 1.07. The summed E-state index contributed by atoms with van der Waals surface area (Å²) in [4.78, 5) is 2.47. The van der Waals surface area contributed by atoms with Crippen LogP contribution in [0.15, 0.2) is 285 Å². The molecule has 0 saturated heterocycles. The molecule has 2 heteroatoms. The van der Waals surface area contributed by atoms with Crippen molar-refractivity contribution in [3.8, 4) is 16.8 Å². The molecule has 1 atom stereocenters. The molecule has 13 rings (SSSR count). The van der Waals surface area contributed by atoms with Crippen molar-refractivity contribution < 1.29 is 0 Å². The second-order valence-electron chi connectivity index (χ2n) is 18.8. The van der Waals surface area contributed by atoms with Crippen LogP contribution in [0, 0.1) is 0 Å². The summed E-state index contributed by atoms with van der Waals surface area (Å²) in [5.74, 6) is 0. The zero-order chi connectivity index (χ0) is 47.5. The first-order valence-electron chi connectivity index (χ1n) is 24.6. The van der Waals surface area contributed by atoms with E-state index in [-0.39, 0.29) is 0 Å². The number of hydrogen-bond donors (Lipinski definition) is 0. The predicted octanol–water partition coefficient (Wildman–Crippen LogP) is 17.5. The monoisotopic (exact) mass is 906 g/mol. The summed E-state index contributed by atoms with van der Waals surface area (Å²) >= 11 is 0. The fourth-order valence-corrected chi connectivity index (χ4v) is 12.4. The molecule has 0 bridgehead atoms. The molecule has 71 heavy (non-hydrogen) atoms. The number of para-hydroxylation sites is 2. The van der Waals surface area contributed by atoms with Gasteiger partial charge in [0.05, 0.1) is 21.9 Å². The van der Waals surface area contributed by atoms with Crippen LogP contribution in [-0.4, -0.2) is 4.57 Å². The van der Waals surface area contributed by atoms with E-state index in [1.165, 1.54) is 88.6 Å². The van der Waals surface area contributed by atoms with Crippen molar-refractivity contribution >= 4 is 44.4 Å². The maximum absolute atomic E-state index is 4.09.